The smallest absolute Gasteiger partial charge is 0.261 e. The summed E-state index contributed by atoms with van der Waals surface area (Å²) in [5.41, 5.74) is 7.30. The summed E-state index contributed by atoms with van der Waals surface area (Å²) in [6.07, 6.45) is 1.46. The van der Waals surface area contributed by atoms with Crippen LogP contribution in [0.3, 0.4) is 0 Å². The Morgan fingerprint density at radius 2 is 2.05 bits per heavy atom. The van der Waals surface area contributed by atoms with Crippen LogP contribution in [0.4, 0.5) is 10.1 Å². The number of anilines is 1. The molecule has 6 heteroatoms. The molecular weight excluding hydrogens is 293 g/mol. The zero-order valence-corrected chi connectivity index (χ0v) is 11.6. The van der Waals surface area contributed by atoms with E-state index in [-0.39, 0.29) is 17.1 Å². The molecule has 0 atom stereocenters. The average Bonchev–Trinajstić information content (AvgIpc) is 2.46. The average molecular weight is 304 g/mol. The van der Waals surface area contributed by atoms with E-state index >= 15 is 0 Å². The highest BCUT2D eigenvalue weighted by Crippen LogP contribution is 2.17. The van der Waals surface area contributed by atoms with E-state index in [2.05, 4.69) is 4.98 Å². The molecule has 3 aromatic rings. The molecule has 0 unspecified atom stereocenters. The Morgan fingerprint density at radius 3 is 2.81 bits per heavy atom. The Balaban J connectivity index is 2.06. The van der Waals surface area contributed by atoms with Gasteiger partial charge in [-0.15, -0.1) is 0 Å². The molecule has 106 valence electrons. The third kappa shape index (κ3) is 2.60. The number of hydrogen-bond acceptors (Lipinski definition) is 3. The summed E-state index contributed by atoms with van der Waals surface area (Å²) in [7, 11) is 0. The van der Waals surface area contributed by atoms with Gasteiger partial charge in [0.15, 0.2) is 0 Å². The lowest BCUT2D eigenvalue weighted by molar-refractivity contribution is 0.626. The molecule has 1 aromatic heterocycles. The molecule has 2 N–H and O–H groups in total. The van der Waals surface area contributed by atoms with E-state index < -0.39 is 5.82 Å². The highest BCUT2D eigenvalue weighted by molar-refractivity contribution is 6.30. The highest BCUT2D eigenvalue weighted by Gasteiger charge is 2.07. The molecule has 0 fully saturated rings. The molecule has 0 aliphatic carbocycles. The molecule has 21 heavy (non-hydrogen) atoms. The number of nitrogen functional groups attached to an aromatic ring is 1. The Kier molecular flexibility index (Phi) is 3.35. The first-order chi connectivity index (χ1) is 10.0. The number of hydrogen-bond donors (Lipinski definition) is 1. The summed E-state index contributed by atoms with van der Waals surface area (Å²) in [6.45, 7) is 0.260. The van der Waals surface area contributed by atoms with E-state index in [4.69, 9.17) is 17.3 Å². The Hall–Kier alpha value is -2.40. The van der Waals surface area contributed by atoms with Crippen LogP contribution in [0.25, 0.3) is 10.9 Å². The van der Waals surface area contributed by atoms with Crippen molar-refractivity contribution in [2.75, 3.05) is 5.73 Å². The van der Waals surface area contributed by atoms with Crippen molar-refractivity contribution in [2.45, 2.75) is 6.54 Å². The lowest BCUT2D eigenvalue weighted by Crippen LogP contribution is -2.21. The normalized spacial score (nSPS) is 11.0. The van der Waals surface area contributed by atoms with E-state index in [0.717, 1.165) is 0 Å². The first-order valence-electron chi connectivity index (χ1n) is 6.23. The zero-order chi connectivity index (χ0) is 15.0. The number of rotatable bonds is 2. The summed E-state index contributed by atoms with van der Waals surface area (Å²) in [4.78, 5) is 16.6. The number of halogens is 2. The lowest BCUT2D eigenvalue weighted by atomic mass is 10.2. The number of fused-ring (bicyclic) bond motifs is 1. The largest absolute Gasteiger partial charge is 0.399 e. The van der Waals surface area contributed by atoms with Gasteiger partial charge in [-0.05, 0) is 35.9 Å². The minimum Gasteiger partial charge on any atom is -0.399 e. The fourth-order valence-corrected chi connectivity index (χ4v) is 2.33. The SMILES string of the molecule is Nc1ccc2ncn(Cc3ccc(F)c(Cl)c3)c(=O)c2c1. The number of aromatic nitrogens is 2. The summed E-state index contributed by atoms with van der Waals surface area (Å²) in [5, 5.41) is 0.476. The van der Waals surface area contributed by atoms with Gasteiger partial charge >= 0.3 is 0 Å². The molecule has 0 amide bonds. The molecule has 1 heterocycles. The maximum absolute atomic E-state index is 13.1. The number of nitrogens with zero attached hydrogens (tertiary/aromatic N) is 2. The standard InChI is InChI=1S/C15H11ClFN3O/c16-12-5-9(1-3-13(12)17)7-20-8-19-14-4-2-10(18)6-11(14)15(20)21/h1-6,8H,7,18H2. The summed E-state index contributed by atoms with van der Waals surface area (Å²) < 4.78 is 14.6. The van der Waals surface area contributed by atoms with Gasteiger partial charge in [-0.2, -0.15) is 0 Å². The fraction of sp³-hybridized carbons (Fsp3) is 0.0667. The second-order valence-electron chi connectivity index (χ2n) is 4.70. The van der Waals surface area contributed by atoms with Crippen LogP contribution < -0.4 is 11.3 Å². The third-order valence-electron chi connectivity index (χ3n) is 3.19. The Morgan fingerprint density at radius 1 is 1.24 bits per heavy atom. The van der Waals surface area contributed by atoms with Crippen LogP contribution in [0, 0.1) is 5.82 Å². The summed E-state index contributed by atoms with van der Waals surface area (Å²) in [5.74, 6) is -0.489. The molecule has 0 saturated heterocycles. The Bertz CT molecular complexity index is 892. The van der Waals surface area contributed by atoms with Crippen molar-refractivity contribution in [3.8, 4) is 0 Å². The second-order valence-corrected chi connectivity index (χ2v) is 5.11. The van der Waals surface area contributed by atoms with Crippen molar-refractivity contribution in [1.29, 1.82) is 0 Å². The molecule has 0 aliphatic heterocycles. The molecule has 0 radical (unpaired) electrons. The predicted octanol–water partition coefficient (Wildman–Crippen LogP) is 2.82. The van der Waals surface area contributed by atoms with E-state index in [0.29, 0.717) is 22.2 Å². The van der Waals surface area contributed by atoms with Crippen molar-refractivity contribution in [2.24, 2.45) is 0 Å². The summed E-state index contributed by atoms with van der Waals surface area (Å²) in [6, 6.07) is 9.34. The van der Waals surface area contributed by atoms with Gasteiger partial charge in [-0.1, -0.05) is 17.7 Å². The van der Waals surface area contributed by atoms with Crippen LogP contribution in [-0.4, -0.2) is 9.55 Å². The highest BCUT2D eigenvalue weighted by atomic mass is 35.5. The maximum atomic E-state index is 13.1. The molecular formula is C15H11ClFN3O. The van der Waals surface area contributed by atoms with Gasteiger partial charge in [0, 0.05) is 5.69 Å². The molecule has 0 saturated carbocycles. The van der Waals surface area contributed by atoms with E-state index in [1.54, 1.807) is 24.3 Å². The quantitative estimate of drug-likeness (QED) is 0.741. The van der Waals surface area contributed by atoms with Crippen molar-refractivity contribution in [3.63, 3.8) is 0 Å². The minimum absolute atomic E-state index is 0.0264. The van der Waals surface area contributed by atoms with Gasteiger partial charge < -0.3 is 5.73 Å². The van der Waals surface area contributed by atoms with Gasteiger partial charge in [-0.3, -0.25) is 9.36 Å². The minimum atomic E-state index is -0.489. The van der Waals surface area contributed by atoms with Crippen LogP contribution >= 0.6 is 11.6 Å². The van der Waals surface area contributed by atoms with Crippen LogP contribution in [0.1, 0.15) is 5.56 Å². The molecule has 3 rings (SSSR count). The molecule has 4 nitrogen and oxygen atoms in total. The first kappa shape index (κ1) is 13.6. The molecule has 0 aliphatic rings. The van der Waals surface area contributed by atoms with Gasteiger partial charge in [0.2, 0.25) is 0 Å². The lowest BCUT2D eigenvalue weighted by Gasteiger charge is -2.08. The van der Waals surface area contributed by atoms with Crippen LogP contribution in [0.2, 0.25) is 5.02 Å². The topological polar surface area (TPSA) is 60.9 Å². The van der Waals surface area contributed by atoms with Gasteiger partial charge in [-0.25, -0.2) is 9.37 Å². The summed E-state index contributed by atoms with van der Waals surface area (Å²) >= 11 is 5.74. The van der Waals surface area contributed by atoms with Crippen LogP contribution in [-0.2, 0) is 6.54 Å². The van der Waals surface area contributed by atoms with Crippen LogP contribution in [0.15, 0.2) is 47.5 Å². The Labute approximate surface area is 124 Å². The van der Waals surface area contributed by atoms with E-state index in [1.165, 1.54) is 23.0 Å². The molecule has 2 aromatic carbocycles. The molecule has 0 spiro atoms. The van der Waals surface area contributed by atoms with Crippen molar-refractivity contribution in [1.82, 2.24) is 9.55 Å². The van der Waals surface area contributed by atoms with Gasteiger partial charge in [0.1, 0.15) is 5.82 Å². The first-order valence-corrected chi connectivity index (χ1v) is 6.61. The van der Waals surface area contributed by atoms with Crippen molar-refractivity contribution >= 4 is 28.2 Å². The zero-order valence-electron chi connectivity index (χ0n) is 10.9. The van der Waals surface area contributed by atoms with Crippen molar-refractivity contribution < 1.29 is 4.39 Å². The van der Waals surface area contributed by atoms with E-state index in [1.807, 2.05) is 0 Å². The molecule has 0 bridgehead atoms. The van der Waals surface area contributed by atoms with E-state index in [9.17, 15) is 9.18 Å². The van der Waals surface area contributed by atoms with Gasteiger partial charge in [0.05, 0.1) is 28.8 Å². The monoisotopic (exact) mass is 303 g/mol. The second kappa shape index (κ2) is 5.18. The number of benzene rings is 2. The maximum Gasteiger partial charge on any atom is 0.261 e. The van der Waals surface area contributed by atoms with Crippen molar-refractivity contribution in [3.05, 3.63) is 69.5 Å². The fourth-order valence-electron chi connectivity index (χ4n) is 2.12. The van der Waals surface area contributed by atoms with Gasteiger partial charge in [0.25, 0.3) is 5.56 Å². The number of nitrogens with two attached hydrogens (primary N) is 1. The predicted molar refractivity (Wildman–Crippen MR) is 80.9 cm³/mol. The third-order valence-corrected chi connectivity index (χ3v) is 3.47. The van der Waals surface area contributed by atoms with Crippen LogP contribution in [0.5, 0.6) is 0 Å².